The van der Waals surface area contributed by atoms with Crippen LogP contribution in [0.2, 0.25) is 0 Å². The Kier molecular flexibility index (Phi) is 27.5. The molecule has 12 atom stereocenters. The Morgan fingerprint density at radius 1 is 0.912 bits per heavy atom. The van der Waals surface area contributed by atoms with Gasteiger partial charge in [0.15, 0.2) is 10.8 Å². The van der Waals surface area contributed by atoms with Crippen molar-refractivity contribution in [2.24, 2.45) is 17.8 Å². The molecular formula is C65H89N5O19S2. The summed E-state index contributed by atoms with van der Waals surface area (Å²) in [4.78, 5) is 121. The van der Waals surface area contributed by atoms with E-state index < -0.39 is 107 Å². The first kappa shape index (κ1) is 73.2. The van der Waals surface area contributed by atoms with Gasteiger partial charge in [0.1, 0.15) is 61.0 Å². The predicted molar refractivity (Wildman–Crippen MR) is 341 cm³/mol. The van der Waals surface area contributed by atoms with Crippen LogP contribution in [0.15, 0.2) is 66.3 Å². The molecule has 2 fully saturated rings. The number of aliphatic hydroxyl groups is 1. The molecule has 1 aliphatic carbocycles. The lowest BCUT2D eigenvalue weighted by Gasteiger charge is -2.42. The second kappa shape index (κ2) is 34.2. The third-order valence-electron chi connectivity index (χ3n) is 16.7. The number of anilines is 2. The van der Waals surface area contributed by atoms with Crippen molar-refractivity contribution in [3.8, 4) is 5.75 Å². The van der Waals surface area contributed by atoms with Crippen molar-refractivity contribution in [1.82, 2.24) is 15.5 Å². The average molecular weight is 1310 g/mol. The zero-order valence-corrected chi connectivity index (χ0v) is 55.6. The van der Waals surface area contributed by atoms with E-state index in [1.165, 1.54) is 43.8 Å². The lowest BCUT2D eigenvalue weighted by atomic mass is 9.82. The van der Waals surface area contributed by atoms with Gasteiger partial charge in [0, 0.05) is 69.9 Å². The fourth-order valence-electron chi connectivity index (χ4n) is 10.9. The first-order chi connectivity index (χ1) is 43.2. The second-order valence-electron chi connectivity index (χ2n) is 23.7. The number of benzene rings is 2. The third-order valence-corrected chi connectivity index (χ3v) is 18.4. The van der Waals surface area contributed by atoms with Crippen molar-refractivity contribution in [2.75, 3.05) is 76.2 Å². The number of carbonyl (C=O) groups excluding carboxylic acids is 9. The number of ether oxygens (including phenoxy) is 9. The van der Waals surface area contributed by atoms with E-state index in [2.05, 4.69) is 21.3 Å². The zero-order valence-electron chi connectivity index (χ0n) is 54.0. The fraction of sp³-hybridized carbons (Fsp3) is 0.585. The molecule has 3 aliphatic heterocycles. The number of epoxide rings is 1. The Morgan fingerprint density at radius 2 is 1.66 bits per heavy atom. The van der Waals surface area contributed by atoms with Gasteiger partial charge in [-0.05, 0) is 99.7 Å². The molecule has 0 aromatic heterocycles. The Labute approximate surface area is 540 Å². The van der Waals surface area contributed by atoms with Crippen LogP contribution in [-0.2, 0) is 84.5 Å². The number of Topliss-reactive ketones (excluding diaryl/α,β-unsaturated/α-hetero) is 1. The zero-order chi connectivity index (χ0) is 66.7. The molecule has 26 heteroatoms. The molecular weight excluding hydrogens is 1220 g/mol. The smallest absolute Gasteiger partial charge is 0.412 e. The molecule has 5 N–H and O–H groups in total. The average Bonchev–Trinajstić information content (AvgIpc) is 1.60. The van der Waals surface area contributed by atoms with Crippen LogP contribution in [0.25, 0.3) is 0 Å². The van der Waals surface area contributed by atoms with Gasteiger partial charge in [0.25, 0.3) is 0 Å². The van der Waals surface area contributed by atoms with Gasteiger partial charge in [0.05, 0.1) is 49.5 Å². The molecule has 500 valence electrons. The summed E-state index contributed by atoms with van der Waals surface area (Å²) < 4.78 is 51.5. The standard InChI is InChI=1S/C65H89N5O19S2/c1-37-15-13-17-53(82-11)65(80)32-52(87-63(79)69-65)42(6)58-64(8,89-58)54(31-50(71)40(4)47-28-45(27-37)30-51(81-10)41(47)5)88-60(76)43(7)70(9)57(74)23-26-91-61(77)39(3)19-18-38(2)59(75)85-33-44-20-21-48(68-62(78)86-46-16-14-25-83-36-84-34-46)49(29-44)67-55(72)22-24-66-56(73)35-90-12/h13-17,20-21,28-30,38-40,42-43,46,52-54,58,80H,18-19,22-27,31-36H2,1-12H3,(H,66,73)(H,67,72)(H,68,78)(H,69,79)/b16-14+,17-13+,37-15+/t38?,39?,40?,42-,43+,46?,52+,53?,54+,58+,64+,65?/m1/s1. The summed E-state index contributed by atoms with van der Waals surface area (Å²) >= 11 is 2.31. The first-order valence-electron chi connectivity index (χ1n) is 30.4. The monoisotopic (exact) mass is 1310 g/mol. The number of rotatable bonds is 23. The number of nitrogens with one attached hydrogen (secondary N) is 4. The molecule has 2 aromatic rings. The Bertz CT molecular complexity index is 3050. The van der Waals surface area contributed by atoms with Crippen molar-refractivity contribution >= 4 is 87.6 Å². The number of alkyl carbamates (subject to hydrolysis) is 1. The highest BCUT2D eigenvalue weighted by Gasteiger charge is 2.64. The molecule has 3 heterocycles. The van der Waals surface area contributed by atoms with Crippen LogP contribution in [0.4, 0.5) is 21.0 Å². The van der Waals surface area contributed by atoms with E-state index in [0.29, 0.717) is 30.6 Å². The largest absolute Gasteiger partial charge is 0.496 e. The van der Waals surface area contributed by atoms with E-state index in [4.69, 9.17) is 42.6 Å². The van der Waals surface area contributed by atoms with Crippen LogP contribution < -0.4 is 26.0 Å². The molecule has 0 saturated carbocycles. The van der Waals surface area contributed by atoms with Gasteiger partial charge in [-0.3, -0.25) is 39.4 Å². The van der Waals surface area contributed by atoms with Crippen molar-refractivity contribution in [3.63, 3.8) is 0 Å². The fourth-order valence-corrected chi connectivity index (χ4v) is 12.1. The van der Waals surface area contributed by atoms with E-state index in [9.17, 15) is 48.3 Å². The molecule has 4 bridgehead atoms. The Balaban J connectivity index is 1.03. The van der Waals surface area contributed by atoms with Gasteiger partial charge in [-0.25, -0.2) is 14.4 Å². The maximum absolute atomic E-state index is 14.6. The van der Waals surface area contributed by atoms with Crippen molar-refractivity contribution in [2.45, 2.75) is 161 Å². The maximum atomic E-state index is 14.6. The van der Waals surface area contributed by atoms with Gasteiger partial charge >= 0.3 is 24.1 Å². The highest BCUT2D eigenvalue weighted by Crippen LogP contribution is 2.49. The highest BCUT2D eigenvalue weighted by molar-refractivity contribution is 8.13. The van der Waals surface area contributed by atoms with E-state index in [-0.39, 0.29) is 98.5 Å². The number of carbonyl (C=O) groups is 9. The summed E-state index contributed by atoms with van der Waals surface area (Å²) in [5.74, 6) is -4.17. The van der Waals surface area contributed by atoms with Crippen LogP contribution in [0.1, 0.15) is 115 Å². The summed E-state index contributed by atoms with van der Waals surface area (Å²) in [7, 11) is 4.43. The van der Waals surface area contributed by atoms with E-state index >= 15 is 0 Å². The van der Waals surface area contributed by atoms with Gasteiger partial charge < -0.3 is 63.3 Å². The van der Waals surface area contributed by atoms with E-state index in [1.807, 2.05) is 32.1 Å². The minimum Gasteiger partial charge on any atom is -0.496 e. The molecule has 24 nitrogen and oxygen atoms in total. The number of allylic oxidation sites excluding steroid dienone is 3. The quantitative estimate of drug-likeness (QED) is 0.0309. The van der Waals surface area contributed by atoms with Gasteiger partial charge in [0.2, 0.25) is 17.7 Å². The number of nitrogens with zero attached hydrogens (tertiary/aromatic N) is 1. The van der Waals surface area contributed by atoms with Crippen molar-refractivity contribution in [3.05, 3.63) is 88.5 Å². The summed E-state index contributed by atoms with van der Waals surface area (Å²) in [6, 6.07) is 7.42. The third kappa shape index (κ3) is 20.8. The SMILES string of the molecule is COc1cc2cc(c1C)C(C)C(=O)C[C@H](OC(=O)[C@H](C)N(C)C(=O)CCSC(=O)C(C)CCC(C)C(=O)OCc1ccc(NC(=O)OC3/C=C/COCOC3)c(NC(=O)CCNC(=O)CSC)c1)[C@]1(C)O[C@H]1[C@H](C)[C@@H]1CC(O)(NC(=O)O1)C(OC)/C=C/C=C(\C)C2. The van der Waals surface area contributed by atoms with Crippen molar-refractivity contribution < 1.29 is 90.9 Å². The molecule has 4 aliphatic rings. The summed E-state index contributed by atoms with van der Waals surface area (Å²) in [5.41, 5.74) is 1.04. The Hall–Kier alpha value is -6.81. The topological polar surface area (TPSA) is 312 Å². The number of methoxy groups -OCH3 is 2. The number of hydrogen-bond acceptors (Lipinski definition) is 21. The molecule has 6 unspecified atom stereocenters. The van der Waals surface area contributed by atoms with Gasteiger partial charge in [-0.1, -0.05) is 81.5 Å². The first-order valence-corrected chi connectivity index (χ1v) is 32.8. The van der Waals surface area contributed by atoms with Crippen LogP contribution in [0.3, 0.4) is 0 Å². The molecule has 0 spiro atoms. The van der Waals surface area contributed by atoms with Gasteiger partial charge in [-0.2, -0.15) is 11.8 Å². The summed E-state index contributed by atoms with van der Waals surface area (Å²) in [6.45, 7) is 14.3. The minimum absolute atomic E-state index is 0.0368. The van der Waals surface area contributed by atoms with Gasteiger partial charge in [-0.15, -0.1) is 0 Å². The number of ketones is 1. The van der Waals surface area contributed by atoms with Crippen LogP contribution in [-0.4, -0.2) is 176 Å². The van der Waals surface area contributed by atoms with E-state index in [0.717, 1.165) is 34.0 Å². The minimum atomic E-state index is -1.88. The number of amides is 5. The number of hydrogen-bond donors (Lipinski definition) is 5. The molecule has 2 aromatic carbocycles. The summed E-state index contributed by atoms with van der Waals surface area (Å²) in [5, 5.41) is 22.3. The number of thioether (sulfide) groups is 2. The van der Waals surface area contributed by atoms with Crippen LogP contribution in [0, 0.1) is 24.7 Å². The number of fused-ring (bicyclic) bond motifs is 5. The maximum Gasteiger partial charge on any atom is 0.412 e. The second-order valence-corrected chi connectivity index (χ2v) is 25.7. The Morgan fingerprint density at radius 3 is 2.38 bits per heavy atom. The lowest BCUT2D eigenvalue weighted by Crippen LogP contribution is -2.63. The molecule has 6 rings (SSSR count). The lowest BCUT2D eigenvalue weighted by molar-refractivity contribution is -0.162. The normalized spacial score (nSPS) is 26.5. The molecule has 2 saturated heterocycles. The summed E-state index contributed by atoms with van der Waals surface area (Å²) in [6.07, 6.45) is 4.82. The van der Waals surface area contributed by atoms with Crippen LogP contribution >= 0.6 is 23.5 Å². The predicted octanol–water partition coefficient (Wildman–Crippen LogP) is 7.61. The number of esters is 2. The molecule has 5 amide bonds. The van der Waals surface area contributed by atoms with E-state index in [1.54, 1.807) is 84.4 Å². The highest BCUT2D eigenvalue weighted by atomic mass is 32.2. The molecule has 91 heavy (non-hydrogen) atoms. The van der Waals surface area contributed by atoms with Crippen LogP contribution in [0.5, 0.6) is 5.75 Å². The number of likely N-dealkylation sites (N-methyl/N-ethyl adjacent to an activating group) is 1. The molecule has 0 radical (unpaired) electrons. The van der Waals surface area contributed by atoms with Crippen molar-refractivity contribution in [1.29, 1.82) is 0 Å².